The van der Waals surface area contributed by atoms with E-state index < -0.39 is 0 Å². The minimum absolute atomic E-state index is 0.00202. The topological polar surface area (TPSA) is 58.9 Å². The first-order chi connectivity index (χ1) is 15.6. The van der Waals surface area contributed by atoms with E-state index in [4.69, 9.17) is 12.2 Å². The van der Waals surface area contributed by atoms with Crippen LogP contribution in [0.5, 0.6) is 0 Å². The molecular formula is C25H24N6S. The number of pyridine rings is 3. The van der Waals surface area contributed by atoms with Gasteiger partial charge in [0, 0.05) is 42.7 Å². The third-order valence-electron chi connectivity index (χ3n) is 5.99. The zero-order chi connectivity index (χ0) is 22.1. The van der Waals surface area contributed by atoms with Crippen LogP contribution in [0.2, 0.25) is 0 Å². The van der Waals surface area contributed by atoms with Crippen molar-refractivity contribution >= 4 is 17.3 Å². The van der Waals surface area contributed by atoms with Gasteiger partial charge in [0.05, 0.1) is 29.7 Å². The molecule has 5 rings (SSSR count). The number of aromatic nitrogens is 4. The first kappa shape index (κ1) is 20.3. The predicted octanol–water partition coefficient (Wildman–Crippen LogP) is 4.45. The summed E-state index contributed by atoms with van der Waals surface area (Å²) in [5, 5.41) is 4.27. The van der Waals surface area contributed by atoms with Crippen molar-refractivity contribution in [1.29, 1.82) is 0 Å². The van der Waals surface area contributed by atoms with E-state index in [0.717, 1.165) is 27.8 Å². The van der Waals surface area contributed by atoms with E-state index in [9.17, 15) is 0 Å². The van der Waals surface area contributed by atoms with Crippen molar-refractivity contribution in [2.24, 2.45) is 0 Å². The fourth-order valence-corrected chi connectivity index (χ4v) is 4.87. The highest BCUT2D eigenvalue weighted by Crippen LogP contribution is 2.42. The fraction of sp³-hybridized carbons (Fsp3) is 0.200. The second-order valence-electron chi connectivity index (χ2n) is 7.98. The molecule has 1 N–H and O–H groups in total. The van der Waals surface area contributed by atoms with E-state index in [-0.39, 0.29) is 12.1 Å². The Bertz CT molecular complexity index is 1220. The second kappa shape index (κ2) is 8.51. The number of nitrogens with one attached hydrogen (secondary N) is 1. The Labute approximate surface area is 193 Å². The number of thiocarbonyl (C=S) groups is 1. The van der Waals surface area contributed by atoms with Crippen LogP contribution in [0.4, 0.5) is 0 Å². The van der Waals surface area contributed by atoms with Crippen LogP contribution in [-0.2, 0) is 6.54 Å². The van der Waals surface area contributed by atoms with Crippen molar-refractivity contribution in [3.8, 4) is 5.69 Å². The van der Waals surface area contributed by atoms with Crippen LogP contribution in [0.1, 0.15) is 40.3 Å². The van der Waals surface area contributed by atoms with Crippen LogP contribution < -0.4 is 5.32 Å². The predicted molar refractivity (Wildman–Crippen MR) is 128 cm³/mol. The molecule has 6 nitrogen and oxygen atoms in total. The molecule has 0 spiro atoms. The zero-order valence-corrected chi connectivity index (χ0v) is 18.8. The molecule has 2 atom stereocenters. The Morgan fingerprint density at radius 1 is 0.969 bits per heavy atom. The van der Waals surface area contributed by atoms with Crippen molar-refractivity contribution < 1.29 is 0 Å². The van der Waals surface area contributed by atoms with Gasteiger partial charge in [0.15, 0.2) is 5.11 Å². The molecule has 0 saturated carbocycles. The van der Waals surface area contributed by atoms with Gasteiger partial charge in [-0.2, -0.15) is 0 Å². The highest BCUT2D eigenvalue weighted by molar-refractivity contribution is 7.80. The van der Waals surface area contributed by atoms with Gasteiger partial charge in [-0.05, 0) is 79.7 Å². The molecule has 0 unspecified atom stereocenters. The summed E-state index contributed by atoms with van der Waals surface area (Å²) in [7, 11) is 0. The Balaban J connectivity index is 1.62. The molecule has 0 bridgehead atoms. The average molecular weight is 441 g/mol. The number of hydrogen-bond donors (Lipinski definition) is 1. The Hall–Kier alpha value is -3.58. The Morgan fingerprint density at radius 2 is 1.81 bits per heavy atom. The molecular weight excluding hydrogens is 416 g/mol. The standard InChI is InChI=1S/C25H24N6S/c1-17-14-21(18(2)31(17)20-6-5-10-27-15-20)24-23(22-7-3-4-11-28-22)29-25(32)30(24)16-19-8-12-26-13-9-19/h3-15,23-24H,16H2,1-2H3,(H,29,32)/t23-,24-/m1/s1. The van der Waals surface area contributed by atoms with Gasteiger partial charge in [-0.15, -0.1) is 0 Å². The summed E-state index contributed by atoms with van der Waals surface area (Å²) >= 11 is 5.82. The Kier molecular flexibility index (Phi) is 5.41. The van der Waals surface area contributed by atoms with E-state index in [1.807, 2.05) is 55.1 Å². The molecule has 1 aliphatic heterocycles. The van der Waals surface area contributed by atoms with Crippen LogP contribution in [0.25, 0.3) is 5.69 Å². The van der Waals surface area contributed by atoms with Gasteiger partial charge in [-0.1, -0.05) is 6.07 Å². The molecule has 0 amide bonds. The second-order valence-corrected chi connectivity index (χ2v) is 8.37. The summed E-state index contributed by atoms with van der Waals surface area (Å²) in [6.45, 7) is 4.99. The van der Waals surface area contributed by atoms with Gasteiger partial charge in [0.2, 0.25) is 0 Å². The lowest BCUT2D eigenvalue weighted by Crippen LogP contribution is -2.29. The molecule has 7 heteroatoms. The maximum Gasteiger partial charge on any atom is 0.170 e. The molecule has 0 radical (unpaired) electrons. The van der Waals surface area contributed by atoms with E-state index in [0.29, 0.717) is 6.54 Å². The van der Waals surface area contributed by atoms with E-state index in [1.54, 1.807) is 6.20 Å². The van der Waals surface area contributed by atoms with Crippen LogP contribution in [0.3, 0.4) is 0 Å². The zero-order valence-electron chi connectivity index (χ0n) is 18.0. The third kappa shape index (κ3) is 3.65. The van der Waals surface area contributed by atoms with Gasteiger partial charge >= 0.3 is 0 Å². The number of nitrogens with zero attached hydrogens (tertiary/aromatic N) is 5. The van der Waals surface area contributed by atoms with Gasteiger partial charge in [0.25, 0.3) is 0 Å². The van der Waals surface area contributed by atoms with E-state index in [2.05, 4.69) is 61.8 Å². The average Bonchev–Trinajstić information content (AvgIpc) is 3.30. The molecule has 0 aromatic carbocycles. The normalized spacial score (nSPS) is 18.1. The van der Waals surface area contributed by atoms with Crippen molar-refractivity contribution in [2.75, 3.05) is 0 Å². The lowest BCUT2D eigenvalue weighted by molar-refractivity contribution is 0.310. The van der Waals surface area contributed by atoms with Gasteiger partial charge < -0.3 is 14.8 Å². The summed E-state index contributed by atoms with van der Waals surface area (Å²) in [5.41, 5.74) is 6.75. The first-order valence-corrected chi connectivity index (χ1v) is 11.0. The number of hydrogen-bond acceptors (Lipinski definition) is 4. The molecule has 5 heterocycles. The molecule has 0 aliphatic carbocycles. The van der Waals surface area contributed by atoms with Crippen LogP contribution in [-0.4, -0.2) is 29.5 Å². The van der Waals surface area contributed by atoms with Gasteiger partial charge in [-0.25, -0.2) is 0 Å². The highest BCUT2D eigenvalue weighted by Gasteiger charge is 2.41. The summed E-state index contributed by atoms with van der Waals surface area (Å²) < 4.78 is 2.25. The SMILES string of the molecule is Cc1cc([C@@H]2[C@@H](c3ccccn3)NC(=S)N2Cc2ccncc2)c(C)n1-c1cccnc1. The molecule has 1 aliphatic rings. The maximum absolute atomic E-state index is 5.82. The molecule has 1 fully saturated rings. The lowest BCUT2D eigenvalue weighted by atomic mass is 9.96. The maximum atomic E-state index is 5.82. The minimum Gasteiger partial charge on any atom is -0.352 e. The number of rotatable bonds is 5. The summed E-state index contributed by atoms with van der Waals surface area (Å²) in [6.07, 6.45) is 9.17. The quantitative estimate of drug-likeness (QED) is 0.463. The molecule has 1 saturated heterocycles. The van der Waals surface area contributed by atoms with Crippen molar-refractivity contribution in [3.63, 3.8) is 0 Å². The Morgan fingerprint density at radius 3 is 2.53 bits per heavy atom. The van der Waals surface area contributed by atoms with E-state index in [1.165, 1.54) is 11.3 Å². The smallest absolute Gasteiger partial charge is 0.170 e. The summed E-state index contributed by atoms with van der Waals surface area (Å²) in [6, 6.07) is 16.4. The summed E-state index contributed by atoms with van der Waals surface area (Å²) in [4.78, 5) is 15.4. The monoisotopic (exact) mass is 440 g/mol. The highest BCUT2D eigenvalue weighted by atomic mass is 32.1. The van der Waals surface area contributed by atoms with Gasteiger partial charge in [0.1, 0.15) is 0 Å². The molecule has 4 aromatic heterocycles. The third-order valence-corrected chi connectivity index (χ3v) is 6.35. The molecule has 4 aromatic rings. The lowest BCUT2D eigenvalue weighted by Gasteiger charge is -2.28. The molecule has 160 valence electrons. The first-order valence-electron chi connectivity index (χ1n) is 10.6. The van der Waals surface area contributed by atoms with Crippen LogP contribution >= 0.6 is 12.2 Å². The van der Waals surface area contributed by atoms with Crippen molar-refractivity contribution in [2.45, 2.75) is 32.5 Å². The fourth-order valence-electron chi connectivity index (χ4n) is 4.57. The van der Waals surface area contributed by atoms with Crippen molar-refractivity contribution in [3.05, 3.63) is 108 Å². The largest absolute Gasteiger partial charge is 0.352 e. The van der Waals surface area contributed by atoms with Crippen molar-refractivity contribution in [1.82, 2.24) is 29.7 Å². The van der Waals surface area contributed by atoms with Gasteiger partial charge in [-0.3, -0.25) is 15.0 Å². The molecule has 32 heavy (non-hydrogen) atoms. The van der Waals surface area contributed by atoms with Crippen LogP contribution in [0.15, 0.2) is 79.5 Å². The minimum atomic E-state index is -0.0478. The number of aryl methyl sites for hydroxylation is 1. The summed E-state index contributed by atoms with van der Waals surface area (Å²) in [5.74, 6) is 0. The van der Waals surface area contributed by atoms with E-state index >= 15 is 0 Å². The van der Waals surface area contributed by atoms with Crippen LogP contribution in [0, 0.1) is 13.8 Å².